The molecule has 9 nitrogen and oxygen atoms in total. The van der Waals surface area contributed by atoms with Crippen LogP contribution in [0.2, 0.25) is 10.0 Å². The Hall–Kier alpha value is -2.79. The van der Waals surface area contributed by atoms with Crippen LogP contribution in [0.1, 0.15) is 24.0 Å². The Morgan fingerprint density at radius 3 is 2.57 bits per heavy atom. The number of rotatable bonds is 5. The Morgan fingerprint density at radius 2 is 1.84 bits per heavy atom. The van der Waals surface area contributed by atoms with Crippen molar-refractivity contribution in [3.63, 3.8) is 0 Å². The number of amidine groups is 1. The van der Waals surface area contributed by atoms with Crippen molar-refractivity contribution in [2.24, 2.45) is 10.1 Å². The van der Waals surface area contributed by atoms with Gasteiger partial charge in [-0.2, -0.15) is 0 Å². The summed E-state index contributed by atoms with van der Waals surface area (Å²) in [4.78, 5) is 35.5. The summed E-state index contributed by atoms with van der Waals surface area (Å²) >= 11 is 14.0. The summed E-state index contributed by atoms with van der Waals surface area (Å²) in [7, 11) is 2.04. The minimum absolute atomic E-state index is 0.0613. The van der Waals surface area contributed by atoms with Gasteiger partial charge in [-0.3, -0.25) is 14.6 Å². The number of carboxylic acids is 1. The number of nitrogens with zero attached hydrogens (tertiary/aromatic N) is 6. The van der Waals surface area contributed by atoms with Crippen molar-refractivity contribution >= 4 is 63.6 Å². The first kappa shape index (κ1) is 25.8. The van der Waals surface area contributed by atoms with E-state index in [9.17, 15) is 14.7 Å². The van der Waals surface area contributed by atoms with Gasteiger partial charge in [-0.25, -0.2) is 4.41 Å². The monoisotopic (exact) mass is 560 g/mol. The lowest BCUT2D eigenvalue weighted by molar-refractivity contribution is -0.137. The molecule has 0 radical (unpaired) electrons. The van der Waals surface area contributed by atoms with Gasteiger partial charge in [0.25, 0.3) is 0 Å². The van der Waals surface area contributed by atoms with E-state index in [1.165, 1.54) is 0 Å². The molecule has 37 heavy (non-hydrogen) atoms. The molecule has 3 heterocycles. The molecule has 0 saturated carbocycles. The second-order valence-corrected chi connectivity index (χ2v) is 10.9. The molecule has 0 aromatic heterocycles. The van der Waals surface area contributed by atoms with Gasteiger partial charge in [-0.15, -0.1) is 5.10 Å². The summed E-state index contributed by atoms with van der Waals surface area (Å²) in [5, 5.41) is 15.2. The van der Waals surface area contributed by atoms with E-state index in [1.807, 2.05) is 47.2 Å². The smallest absolute Gasteiger partial charge is 0.303 e. The largest absolute Gasteiger partial charge is 0.481 e. The third kappa shape index (κ3) is 5.57. The molecule has 3 aliphatic rings. The van der Waals surface area contributed by atoms with Gasteiger partial charge in [-0.05, 0) is 37.7 Å². The molecule has 0 bridgehead atoms. The van der Waals surface area contributed by atoms with Crippen LogP contribution in [0.25, 0.3) is 0 Å². The zero-order valence-corrected chi connectivity index (χ0v) is 22.5. The molecule has 1 atom stereocenters. The highest BCUT2D eigenvalue weighted by atomic mass is 35.5. The summed E-state index contributed by atoms with van der Waals surface area (Å²) in [5.41, 5.74) is 2.94. The molecule has 1 N–H and O–H groups in total. The molecule has 5 rings (SSSR count). The number of anilines is 1. The first-order valence-corrected chi connectivity index (χ1v) is 13.5. The number of fused-ring (bicyclic) bond motifs is 3. The van der Waals surface area contributed by atoms with Gasteiger partial charge < -0.3 is 19.8 Å². The lowest BCUT2D eigenvalue weighted by atomic mass is 10.00. The summed E-state index contributed by atoms with van der Waals surface area (Å²) in [6, 6.07) is 12.4. The molecule has 1 amide bonds. The van der Waals surface area contributed by atoms with E-state index >= 15 is 0 Å². The zero-order chi connectivity index (χ0) is 26.1. The van der Waals surface area contributed by atoms with Gasteiger partial charge in [-0.1, -0.05) is 41.4 Å². The number of aliphatic carboxylic acids is 1. The Balaban J connectivity index is 1.53. The minimum Gasteiger partial charge on any atom is -0.481 e. The Kier molecular flexibility index (Phi) is 7.62. The van der Waals surface area contributed by atoms with E-state index in [0.717, 1.165) is 41.9 Å². The second-order valence-electron chi connectivity index (χ2n) is 9.09. The topological polar surface area (TPSA) is 92.0 Å². The number of likely N-dealkylation sites (N-methyl/N-ethyl adjacent to an activating group) is 1. The van der Waals surface area contributed by atoms with Crippen LogP contribution < -0.4 is 4.90 Å². The second kappa shape index (κ2) is 10.9. The van der Waals surface area contributed by atoms with Crippen molar-refractivity contribution in [2.75, 3.05) is 44.8 Å². The Morgan fingerprint density at radius 1 is 1.08 bits per heavy atom. The molecular weight excluding hydrogens is 535 g/mol. The van der Waals surface area contributed by atoms with E-state index in [2.05, 4.69) is 4.90 Å². The van der Waals surface area contributed by atoms with Crippen LogP contribution in [0.4, 0.5) is 10.5 Å². The minimum atomic E-state index is -0.916. The number of carbonyl (C=O) groups excluding carboxylic acids is 1. The number of piperazine rings is 1. The van der Waals surface area contributed by atoms with Crippen LogP contribution in [-0.4, -0.2) is 88.0 Å². The van der Waals surface area contributed by atoms with Gasteiger partial charge >= 0.3 is 11.2 Å². The lowest BCUT2D eigenvalue weighted by Gasteiger charge is -2.32. The number of hydrazone groups is 1. The number of carbonyl (C=O) groups is 2. The van der Waals surface area contributed by atoms with Crippen molar-refractivity contribution in [2.45, 2.75) is 18.9 Å². The van der Waals surface area contributed by atoms with Gasteiger partial charge in [0.05, 0.1) is 23.3 Å². The van der Waals surface area contributed by atoms with E-state index in [1.54, 1.807) is 16.5 Å². The molecule has 3 aliphatic heterocycles. The van der Waals surface area contributed by atoms with Crippen LogP contribution in [0.3, 0.4) is 0 Å². The first-order chi connectivity index (χ1) is 17.8. The Bertz CT molecular complexity index is 1280. The van der Waals surface area contributed by atoms with Crippen molar-refractivity contribution < 1.29 is 14.7 Å². The molecule has 1 fully saturated rings. The van der Waals surface area contributed by atoms with Crippen LogP contribution in [0.15, 0.2) is 52.6 Å². The highest BCUT2D eigenvalue weighted by Crippen LogP contribution is 2.37. The SMILES string of the molecule is CN1CCN(C(=O)SN2CN3C(=N2)[C@H](CCC(=O)O)N=C(c2ccccc2Cl)c2cc(Cl)ccc23)CC1. The summed E-state index contributed by atoms with van der Waals surface area (Å²) in [5.74, 6) is -0.327. The fraction of sp³-hybridized carbons (Fsp3) is 0.360. The first-order valence-electron chi connectivity index (χ1n) is 11.9. The predicted molar refractivity (Wildman–Crippen MR) is 148 cm³/mol. The average Bonchev–Trinajstić information content (AvgIpc) is 3.23. The van der Waals surface area contributed by atoms with E-state index < -0.39 is 12.0 Å². The standard InChI is InChI=1S/C25H26Cl2N6O3S/c1-30-10-12-31(13-11-30)25(36)37-33-15-32-21-8-6-16(26)14-18(21)23(17-4-2-3-5-19(17)27)28-20(24(32)29-33)7-9-22(34)35/h2-6,8,14,20H,7,9-13,15H2,1H3,(H,34,35)/t20-/m0/s1. The van der Waals surface area contributed by atoms with Crippen molar-refractivity contribution in [1.82, 2.24) is 14.2 Å². The highest BCUT2D eigenvalue weighted by Gasteiger charge is 2.37. The molecule has 1 saturated heterocycles. The van der Waals surface area contributed by atoms with Crippen LogP contribution in [0.5, 0.6) is 0 Å². The summed E-state index contributed by atoms with van der Waals surface area (Å²) < 4.78 is 1.65. The quantitative estimate of drug-likeness (QED) is 0.538. The average molecular weight is 561 g/mol. The van der Waals surface area contributed by atoms with E-state index in [-0.39, 0.29) is 18.1 Å². The fourth-order valence-corrected chi connectivity index (χ4v) is 5.74. The number of halogens is 2. The molecular formula is C25H26Cl2N6O3S. The van der Waals surface area contributed by atoms with Crippen molar-refractivity contribution in [3.8, 4) is 0 Å². The molecule has 0 unspecified atom stereocenters. The number of aliphatic imine (C=N–C) groups is 1. The Labute approximate surface area is 229 Å². The fourth-order valence-electron chi connectivity index (χ4n) is 4.56. The predicted octanol–water partition coefficient (Wildman–Crippen LogP) is 4.49. The maximum atomic E-state index is 13.0. The highest BCUT2D eigenvalue weighted by molar-refractivity contribution is 8.11. The number of hydrogen-bond acceptors (Lipinski definition) is 8. The molecule has 2 aromatic rings. The van der Waals surface area contributed by atoms with E-state index in [0.29, 0.717) is 41.4 Å². The van der Waals surface area contributed by atoms with Gasteiger partial charge in [0.2, 0.25) is 0 Å². The zero-order valence-electron chi connectivity index (χ0n) is 20.2. The van der Waals surface area contributed by atoms with Gasteiger partial charge in [0, 0.05) is 53.8 Å². The maximum Gasteiger partial charge on any atom is 0.303 e. The number of hydrogen-bond donors (Lipinski definition) is 1. The van der Waals surface area contributed by atoms with Gasteiger partial charge in [0.1, 0.15) is 12.7 Å². The number of carboxylic acid groups (broad SMARTS) is 1. The molecule has 0 spiro atoms. The third-order valence-electron chi connectivity index (χ3n) is 6.55. The van der Waals surface area contributed by atoms with Gasteiger partial charge in [0.15, 0.2) is 5.84 Å². The van der Waals surface area contributed by atoms with E-state index in [4.69, 9.17) is 33.3 Å². The molecule has 2 aromatic carbocycles. The van der Waals surface area contributed by atoms with Crippen molar-refractivity contribution in [1.29, 1.82) is 0 Å². The van der Waals surface area contributed by atoms with Crippen LogP contribution in [0, 0.1) is 0 Å². The maximum absolute atomic E-state index is 13.0. The number of amides is 1. The molecule has 0 aliphatic carbocycles. The van der Waals surface area contributed by atoms with Crippen LogP contribution >= 0.6 is 35.1 Å². The number of benzene rings is 2. The normalized spacial score (nSPS) is 19.6. The van der Waals surface area contributed by atoms with Crippen molar-refractivity contribution in [3.05, 3.63) is 63.6 Å². The molecule has 194 valence electrons. The summed E-state index contributed by atoms with van der Waals surface area (Å²) in [6.07, 6.45) is 0.159. The third-order valence-corrected chi connectivity index (χ3v) is 7.93. The lowest BCUT2D eigenvalue weighted by Crippen LogP contribution is -2.46. The van der Waals surface area contributed by atoms with Crippen LogP contribution in [-0.2, 0) is 4.79 Å². The summed E-state index contributed by atoms with van der Waals surface area (Å²) in [6.45, 7) is 3.31. The molecule has 12 heteroatoms.